The highest BCUT2D eigenvalue weighted by Gasteiger charge is 2.21. The van der Waals surface area contributed by atoms with Gasteiger partial charge in [-0.1, -0.05) is 55.8 Å². The molecule has 0 spiro atoms. The molecular weight excluding hydrogens is 404 g/mol. The molecule has 0 unspecified atom stereocenters. The molecule has 0 saturated heterocycles. The molecule has 0 atom stereocenters. The van der Waals surface area contributed by atoms with Gasteiger partial charge in [-0.3, -0.25) is 14.2 Å². The monoisotopic (exact) mass is 426 g/mol. The van der Waals surface area contributed by atoms with Crippen molar-refractivity contribution in [3.05, 3.63) is 91.2 Å². The Balaban J connectivity index is 2.19. The zero-order valence-electron chi connectivity index (χ0n) is 17.1. The molecule has 0 aliphatic rings. The lowest BCUT2D eigenvalue weighted by Gasteiger charge is -2.13. The summed E-state index contributed by atoms with van der Waals surface area (Å²) >= 11 is 6.22. The third kappa shape index (κ3) is 4.68. The first-order valence-electron chi connectivity index (χ1n) is 9.60. The molecule has 7 nitrogen and oxygen atoms in total. The molecule has 30 heavy (non-hydrogen) atoms. The molecule has 156 valence electrons. The lowest BCUT2D eigenvalue weighted by Crippen LogP contribution is -2.46. The Morgan fingerprint density at radius 3 is 2.53 bits per heavy atom. The zero-order valence-corrected chi connectivity index (χ0v) is 17.8. The molecule has 1 amide bonds. The molecule has 0 bridgehead atoms. The number of rotatable bonds is 6. The van der Waals surface area contributed by atoms with Gasteiger partial charge in [0.15, 0.2) is 0 Å². The molecular formula is C22H23ClN4O3. The van der Waals surface area contributed by atoms with Crippen LogP contribution in [0.1, 0.15) is 35.5 Å². The number of aromatic nitrogens is 3. The molecule has 1 N–H and O–H groups in total. The predicted octanol–water partition coefficient (Wildman–Crippen LogP) is 2.79. The second-order valence-electron chi connectivity index (χ2n) is 7.47. The highest BCUT2D eigenvalue weighted by Crippen LogP contribution is 2.15. The van der Waals surface area contributed by atoms with Crippen LogP contribution < -0.4 is 16.6 Å². The van der Waals surface area contributed by atoms with Crippen molar-refractivity contribution in [1.29, 1.82) is 0 Å². The minimum Gasteiger partial charge on any atom is -0.350 e. The van der Waals surface area contributed by atoms with Gasteiger partial charge in [0.1, 0.15) is 0 Å². The van der Waals surface area contributed by atoms with Crippen LogP contribution in [0.2, 0.25) is 5.02 Å². The van der Waals surface area contributed by atoms with Crippen molar-refractivity contribution >= 4 is 17.5 Å². The minimum absolute atomic E-state index is 0.0733. The first kappa shape index (κ1) is 21.5. The molecule has 0 aliphatic heterocycles. The van der Waals surface area contributed by atoms with Crippen molar-refractivity contribution in [1.82, 2.24) is 19.7 Å². The molecule has 1 heterocycles. The van der Waals surface area contributed by atoms with Gasteiger partial charge in [0, 0.05) is 11.6 Å². The van der Waals surface area contributed by atoms with Crippen LogP contribution in [0, 0.1) is 12.8 Å². The molecule has 0 aliphatic carbocycles. The van der Waals surface area contributed by atoms with Crippen LogP contribution in [0.3, 0.4) is 0 Å². The van der Waals surface area contributed by atoms with Gasteiger partial charge in [-0.05, 0) is 42.2 Å². The molecule has 3 rings (SSSR count). The molecule has 2 aromatic carbocycles. The summed E-state index contributed by atoms with van der Waals surface area (Å²) in [4.78, 5) is 38.8. The summed E-state index contributed by atoms with van der Waals surface area (Å²) in [5.74, 6) is -0.426. The summed E-state index contributed by atoms with van der Waals surface area (Å²) < 4.78 is 2.07. The Labute approximate surface area is 178 Å². The van der Waals surface area contributed by atoms with Crippen LogP contribution >= 0.6 is 11.6 Å². The summed E-state index contributed by atoms with van der Waals surface area (Å²) in [6, 6.07) is 14.0. The third-order valence-electron chi connectivity index (χ3n) is 4.48. The van der Waals surface area contributed by atoms with E-state index in [0.29, 0.717) is 22.8 Å². The second kappa shape index (κ2) is 9.09. The Morgan fingerprint density at radius 2 is 1.87 bits per heavy atom. The normalized spacial score (nSPS) is 11.0. The van der Waals surface area contributed by atoms with Crippen molar-refractivity contribution in [3.63, 3.8) is 0 Å². The zero-order chi connectivity index (χ0) is 21.8. The van der Waals surface area contributed by atoms with E-state index in [1.54, 1.807) is 42.5 Å². The molecule has 8 heteroatoms. The van der Waals surface area contributed by atoms with Gasteiger partial charge in [0.05, 0.1) is 12.2 Å². The van der Waals surface area contributed by atoms with Gasteiger partial charge in [-0.2, -0.15) is 9.78 Å². The van der Waals surface area contributed by atoms with Gasteiger partial charge < -0.3 is 5.32 Å². The molecule has 0 fully saturated rings. The quantitative estimate of drug-likeness (QED) is 0.656. The number of nitrogens with zero attached hydrogens (tertiary/aromatic N) is 3. The van der Waals surface area contributed by atoms with Crippen LogP contribution in [0.15, 0.2) is 58.1 Å². The van der Waals surface area contributed by atoms with Gasteiger partial charge in [-0.15, -0.1) is 0 Å². The lowest BCUT2D eigenvalue weighted by molar-refractivity contribution is 0.0939. The molecule has 0 saturated carbocycles. The van der Waals surface area contributed by atoms with Gasteiger partial charge in [-0.25, -0.2) is 4.79 Å². The number of carbonyl (C=O) groups excluding carboxylic acids is 1. The number of hydrogen-bond donors (Lipinski definition) is 1. The minimum atomic E-state index is -0.759. The van der Waals surface area contributed by atoms with E-state index in [1.165, 1.54) is 0 Å². The number of nitrogens with one attached hydrogen (secondary N) is 1. The van der Waals surface area contributed by atoms with Crippen LogP contribution in [0.5, 0.6) is 0 Å². The topological polar surface area (TPSA) is 86.0 Å². The fourth-order valence-electron chi connectivity index (χ4n) is 2.90. The maximum Gasteiger partial charge on any atom is 0.352 e. The van der Waals surface area contributed by atoms with Crippen molar-refractivity contribution in [2.45, 2.75) is 27.3 Å². The van der Waals surface area contributed by atoms with Crippen LogP contribution in [0.4, 0.5) is 0 Å². The van der Waals surface area contributed by atoms with Gasteiger partial charge in [0.2, 0.25) is 5.69 Å². The van der Waals surface area contributed by atoms with E-state index in [9.17, 15) is 14.4 Å². The first-order chi connectivity index (χ1) is 14.3. The standard InChI is InChI=1S/C22H23ClN4O3/c1-14(2)12-24-20(28)19-21(29)26(13-16-8-4-5-10-18(16)23)22(30)27(25-19)17-9-6-7-15(3)11-17/h4-11,14H,12-13H2,1-3H3,(H,24,28). The van der Waals surface area contributed by atoms with Gasteiger partial charge in [0.25, 0.3) is 11.5 Å². The number of carbonyl (C=O) groups is 1. The van der Waals surface area contributed by atoms with Crippen molar-refractivity contribution in [2.75, 3.05) is 6.54 Å². The summed E-state index contributed by atoms with van der Waals surface area (Å²) in [6.07, 6.45) is 0. The predicted molar refractivity (Wildman–Crippen MR) is 117 cm³/mol. The number of hydrogen-bond acceptors (Lipinski definition) is 4. The Kier molecular flexibility index (Phi) is 6.52. The largest absolute Gasteiger partial charge is 0.352 e. The number of benzene rings is 2. The third-order valence-corrected chi connectivity index (χ3v) is 4.85. The lowest BCUT2D eigenvalue weighted by atomic mass is 10.2. The molecule has 0 radical (unpaired) electrons. The highest BCUT2D eigenvalue weighted by molar-refractivity contribution is 6.31. The summed E-state index contributed by atoms with van der Waals surface area (Å²) in [7, 11) is 0. The summed E-state index contributed by atoms with van der Waals surface area (Å²) in [6.45, 7) is 6.07. The summed E-state index contributed by atoms with van der Waals surface area (Å²) in [5.41, 5.74) is 0.218. The van der Waals surface area contributed by atoms with Crippen LogP contribution in [-0.2, 0) is 6.54 Å². The first-order valence-corrected chi connectivity index (χ1v) is 9.98. The number of amides is 1. The van der Waals surface area contributed by atoms with E-state index in [1.807, 2.05) is 26.8 Å². The SMILES string of the molecule is Cc1cccc(-n2nc(C(=O)NCC(C)C)c(=O)n(Cc3ccccc3Cl)c2=O)c1. The smallest absolute Gasteiger partial charge is 0.350 e. The van der Waals surface area contributed by atoms with E-state index < -0.39 is 17.2 Å². The van der Waals surface area contributed by atoms with Crippen LogP contribution in [-0.4, -0.2) is 26.8 Å². The van der Waals surface area contributed by atoms with Gasteiger partial charge >= 0.3 is 5.69 Å². The van der Waals surface area contributed by atoms with E-state index in [2.05, 4.69) is 10.4 Å². The highest BCUT2D eigenvalue weighted by atomic mass is 35.5. The molecule has 1 aromatic heterocycles. The van der Waals surface area contributed by atoms with Crippen LogP contribution in [0.25, 0.3) is 5.69 Å². The maximum absolute atomic E-state index is 13.1. The second-order valence-corrected chi connectivity index (χ2v) is 7.88. The van der Waals surface area contributed by atoms with Crippen molar-refractivity contribution in [3.8, 4) is 5.69 Å². The fraction of sp³-hybridized carbons (Fsp3) is 0.273. The van der Waals surface area contributed by atoms with E-state index in [-0.39, 0.29) is 18.2 Å². The van der Waals surface area contributed by atoms with Crippen molar-refractivity contribution in [2.24, 2.45) is 5.92 Å². The average Bonchev–Trinajstić information content (AvgIpc) is 2.70. The molecule has 3 aromatic rings. The fourth-order valence-corrected chi connectivity index (χ4v) is 3.10. The van der Waals surface area contributed by atoms with E-state index >= 15 is 0 Å². The maximum atomic E-state index is 13.1. The number of aryl methyl sites for hydroxylation is 1. The Morgan fingerprint density at radius 1 is 1.13 bits per heavy atom. The van der Waals surface area contributed by atoms with E-state index in [0.717, 1.165) is 14.8 Å². The summed E-state index contributed by atoms with van der Waals surface area (Å²) in [5, 5.41) is 7.23. The Hall–Kier alpha value is -3.19. The Bertz CT molecular complexity index is 1200. The van der Waals surface area contributed by atoms with Crippen molar-refractivity contribution < 1.29 is 4.79 Å². The average molecular weight is 427 g/mol. The van der Waals surface area contributed by atoms with E-state index in [4.69, 9.17) is 11.6 Å². The number of halogens is 1.